The molecule has 5 heteroatoms. The molecule has 45 heavy (non-hydrogen) atoms. The maximum absolute atomic E-state index is 7.28. The molecule has 0 unspecified atom stereocenters. The van der Waals surface area contributed by atoms with Gasteiger partial charge < -0.3 is 14.4 Å². The van der Waals surface area contributed by atoms with Crippen LogP contribution in [0.2, 0.25) is 0 Å². The average Bonchev–Trinajstić information content (AvgIpc) is 3.56. The molecule has 0 fully saturated rings. The fraction of sp³-hybridized carbons (Fsp3) is 0.125. The Balaban J connectivity index is 0.000000211. The third-order valence-corrected chi connectivity index (χ3v) is 7.10. The standard InChI is InChI=1S/C27H21N2O.C13H12N.Ir/c1-18(2)21-13-14-28-24(16-21)22-15-23(19-9-5-3-6-10-19)26-25(17-22)29-27(30-26)20-11-7-4-8-12-20;1-10-3-6-12(7-4-10)13-8-5-11(2)9-14-13;/h3-16,18H,1-2H3;3-6,8-9H,1-2H3;/q2*-1;/i;1D3,2D3;. The van der Waals surface area contributed by atoms with E-state index < -0.39 is 13.7 Å². The largest absolute Gasteiger partial charge is 0.484 e. The Morgan fingerprint density at radius 2 is 1.47 bits per heavy atom. The van der Waals surface area contributed by atoms with Gasteiger partial charge in [0.2, 0.25) is 5.89 Å². The summed E-state index contributed by atoms with van der Waals surface area (Å²) in [6.07, 6.45) is 3.16. The summed E-state index contributed by atoms with van der Waals surface area (Å²) < 4.78 is 49.9. The van der Waals surface area contributed by atoms with E-state index in [-0.39, 0.29) is 31.2 Å². The molecule has 4 nitrogen and oxygen atoms in total. The van der Waals surface area contributed by atoms with Gasteiger partial charge in [-0.15, -0.1) is 53.1 Å². The molecule has 3 heterocycles. The number of nitrogens with zero attached hydrogens (tertiary/aromatic N) is 3. The van der Waals surface area contributed by atoms with Crippen LogP contribution in [0.4, 0.5) is 0 Å². The van der Waals surface area contributed by atoms with E-state index in [2.05, 4.69) is 66.3 Å². The third kappa shape index (κ3) is 7.51. The topological polar surface area (TPSA) is 51.8 Å². The summed E-state index contributed by atoms with van der Waals surface area (Å²) in [5.74, 6) is 1.03. The smallest absolute Gasteiger partial charge is 0.216 e. The van der Waals surface area contributed by atoms with Crippen molar-refractivity contribution in [2.75, 3.05) is 0 Å². The van der Waals surface area contributed by atoms with Crippen molar-refractivity contribution in [3.8, 4) is 45.1 Å². The zero-order valence-electron chi connectivity index (χ0n) is 30.7. The molecular formula is C40H33IrN3O-2. The van der Waals surface area contributed by atoms with Gasteiger partial charge in [0.15, 0.2) is 0 Å². The van der Waals surface area contributed by atoms with Crippen LogP contribution in [0.15, 0.2) is 126 Å². The van der Waals surface area contributed by atoms with E-state index in [1.165, 1.54) is 30.0 Å². The Morgan fingerprint density at radius 1 is 0.733 bits per heavy atom. The predicted octanol–water partition coefficient (Wildman–Crippen LogP) is 10.3. The second-order valence-electron chi connectivity index (χ2n) is 10.6. The predicted molar refractivity (Wildman–Crippen MR) is 179 cm³/mol. The maximum Gasteiger partial charge on any atom is 0.216 e. The number of rotatable bonds is 5. The number of benzene rings is 4. The van der Waals surface area contributed by atoms with Crippen LogP contribution in [0.1, 0.15) is 44.7 Å². The third-order valence-electron chi connectivity index (χ3n) is 7.10. The Hall–Kier alpha value is -4.70. The van der Waals surface area contributed by atoms with Crippen LogP contribution in [0, 0.1) is 25.8 Å². The average molecular weight is 770 g/mol. The zero-order chi connectivity index (χ0) is 35.5. The van der Waals surface area contributed by atoms with Crippen LogP contribution in [-0.4, -0.2) is 15.0 Å². The van der Waals surface area contributed by atoms with Gasteiger partial charge in [0.25, 0.3) is 0 Å². The van der Waals surface area contributed by atoms with E-state index >= 15 is 0 Å². The van der Waals surface area contributed by atoms with Gasteiger partial charge in [-0.3, -0.25) is 0 Å². The maximum atomic E-state index is 7.28. The van der Waals surface area contributed by atoms with Gasteiger partial charge in [0.05, 0.1) is 5.58 Å². The second-order valence-corrected chi connectivity index (χ2v) is 10.6. The molecular weight excluding hydrogens is 731 g/mol. The Bertz CT molecular complexity index is 2140. The van der Waals surface area contributed by atoms with Gasteiger partial charge in [-0.05, 0) is 53.5 Å². The quantitative estimate of drug-likeness (QED) is 0.164. The van der Waals surface area contributed by atoms with E-state index in [0.29, 0.717) is 28.6 Å². The van der Waals surface area contributed by atoms with Crippen LogP contribution < -0.4 is 0 Å². The van der Waals surface area contributed by atoms with Crippen molar-refractivity contribution in [3.63, 3.8) is 0 Å². The van der Waals surface area contributed by atoms with Gasteiger partial charge in [-0.25, -0.2) is 4.98 Å². The van der Waals surface area contributed by atoms with Crippen LogP contribution in [0.3, 0.4) is 0 Å². The number of aromatic nitrogens is 3. The number of aryl methyl sites for hydroxylation is 2. The molecule has 7 aromatic rings. The van der Waals surface area contributed by atoms with Crippen LogP contribution in [-0.2, 0) is 20.1 Å². The number of fused-ring (bicyclic) bond motifs is 1. The van der Waals surface area contributed by atoms with Crippen molar-refractivity contribution in [2.24, 2.45) is 0 Å². The Kier molecular flexibility index (Phi) is 7.87. The Morgan fingerprint density at radius 3 is 2.11 bits per heavy atom. The first kappa shape index (κ1) is 24.6. The van der Waals surface area contributed by atoms with Gasteiger partial charge in [-0.1, -0.05) is 98.6 Å². The summed E-state index contributed by atoms with van der Waals surface area (Å²) >= 11 is 0. The molecule has 0 aliphatic heterocycles. The van der Waals surface area contributed by atoms with E-state index in [0.717, 1.165) is 33.5 Å². The molecule has 0 saturated carbocycles. The summed E-state index contributed by atoms with van der Waals surface area (Å²) in [4.78, 5) is 13.4. The van der Waals surface area contributed by atoms with E-state index in [4.69, 9.17) is 17.6 Å². The van der Waals surface area contributed by atoms with E-state index in [1.54, 1.807) is 12.1 Å². The first-order chi connectivity index (χ1) is 23.9. The first-order valence-electron chi connectivity index (χ1n) is 17.3. The number of hydrogen-bond donors (Lipinski definition) is 0. The molecule has 225 valence electrons. The minimum atomic E-state index is -2.18. The van der Waals surface area contributed by atoms with E-state index in [1.807, 2.05) is 54.7 Å². The minimum absolute atomic E-state index is 0. The van der Waals surface area contributed by atoms with Crippen molar-refractivity contribution in [2.45, 2.75) is 33.5 Å². The molecule has 0 atom stereocenters. The summed E-state index contributed by atoms with van der Waals surface area (Å²) in [6, 6.07) is 40.4. The molecule has 0 spiro atoms. The van der Waals surface area contributed by atoms with Crippen molar-refractivity contribution < 1.29 is 32.7 Å². The fourth-order valence-electron chi connectivity index (χ4n) is 4.73. The summed E-state index contributed by atoms with van der Waals surface area (Å²) in [7, 11) is 0. The molecule has 0 aliphatic carbocycles. The molecule has 0 amide bonds. The Labute approximate surface area is 287 Å². The molecule has 7 rings (SSSR count). The number of pyridine rings is 2. The molecule has 0 saturated heterocycles. The molecule has 0 aliphatic rings. The normalized spacial score (nSPS) is 13.2. The summed E-state index contributed by atoms with van der Waals surface area (Å²) in [6.45, 7) is 0.0321. The van der Waals surface area contributed by atoms with Crippen molar-refractivity contribution in [1.82, 2.24) is 15.0 Å². The molecule has 0 N–H and O–H groups in total. The summed E-state index contributed by atoms with van der Waals surface area (Å²) in [5.41, 5.74) is 9.07. The first-order valence-corrected chi connectivity index (χ1v) is 14.3. The van der Waals surface area contributed by atoms with Crippen molar-refractivity contribution >= 4 is 11.1 Å². The monoisotopic (exact) mass is 770 g/mol. The SMILES string of the molecule is CC(C)c1ccnc(-c2[c-]c3nc(-c4ccccc4)oc3c(-c3ccccc3)c2)c1.[2H]C([2H])([2H])c1c[c-]c(-c2ccc(C([2H])([2H])[2H])cn2)cc1.[Ir]. The van der Waals surface area contributed by atoms with Crippen LogP contribution in [0.25, 0.3) is 56.2 Å². The van der Waals surface area contributed by atoms with E-state index in [9.17, 15) is 0 Å². The fourth-order valence-corrected chi connectivity index (χ4v) is 4.73. The van der Waals surface area contributed by atoms with Crippen molar-refractivity contribution in [3.05, 3.63) is 150 Å². The molecule has 1 radical (unpaired) electrons. The van der Waals surface area contributed by atoms with Gasteiger partial charge in [-0.2, -0.15) is 0 Å². The van der Waals surface area contributed by atoms with Crippen LogP contribution >= 0.6 is 0 Å². The van der Waals surface area contributed by atoms with Gasteiger partial charge >= 0.3 is 0 Å². The second kappa shape index (κ2) is 14.4. The van der Waals surface area contributed by atoms with Crippen molar-refractivity contribution in [1.29, 1.82) is 0 Å². The molecule has 4 aromatic carbocycles. The minimum Gasteiger partial charge on any atom is -0.484 e. The van der Waals surface area contributed by atoms with Gasteiger partial charge in [0.1, 0.15) is 0 Å². The van der Waals surface area contributed by atoms with Crippen LogP contribution in [0.5, 0.6) is 0 Å². The van der Waals surface area contributed by atoms with Gasteiger partial charge in [0, 0.05) is 51.8 Å². The number of oxazole rings is 1. The number of hydrogen-bond acceptors (Lipinski definition) is 4. The zero-order valence-corrected chi connectivity index (χ0v) is 27.1. The molecule has 0 bridgehead atoms. The molecule has 3 aromatic heterocycles. The summed E-state index contributed by atoms with van der Waals surface area (Å²) in [5, 5.41) is 0.